The van der Waals surface area contributed by atoms with Crippen LogP contribution in [0.3, 0.4) is 0 Å². The Hall–Kier alpha value is -1.72. The van der Waals surface area contributed by atoms with Gasteiger partial charge in [0.05, 0.1) is 5.01 Å². The van der Waals surface area contributed by atoms with Crippen LogP contribution in [0.25, 0.3) is 0 Å². The molecule has 1 aromatic heterocycles. The van der Waals surface area contributed by atoms with Crippen molar-refractivity contribution in [2.45, 2.75) is 31.7 Å². The summed E-state index contributed by atoms with van der Waals surface area (Å²) in [4.78, 5) is 16.7. The Morgan fingerprint density at radius 1 is 1.36 bits per heavy atom. The summed E-state index contributed by atoms with van der Waals surface area (Å²) in [5, 5.41) is 14.9. The maximum atomic E-state index is 12.3. The Morgan fingerprint density at radius 2 is 2.14 bits per heavy atom. The van der Waals surface area contributed by atoms with E-state index in [0.717, 1.165) is 24.3 Å². The van der Waals surface area contributed by atoms with Crippen LogP contribution >= 0.6 is 11.3 Å². The lowest BCUT2D eigenvalue weighted by Gasteiger charge is -2.16. The lowest BCUT2D eigenvalue weighted by Crippen LogP contribution is -2.37. The molecule has 3 rings (SSSR count). The highest BCUT2D eigenvalue weighted by molar-refractivity contribution is 7.09. The lowest BCUT2D eigenvalue weighted by atomic mass is 10.1. The molecule has 2 N–H and O–H groups in total. The Morgan fingerprint density at radius 3 is 2.82 bits per heavy atom. The first-order valence-electron chi connectivity index (χ1n) is 7.66. The number of benzene rings is 1. The zero-order chi connectivity index (χ0) is 15.4. The molecule has 1 aromatic carbocycles. The van der Waals surface area contributed by atoms with Crippen molar-refractivity contribution >= 4 is 17.2 Å². The molecule has 1 aliphatic rings. The van der Waals surface area contributed by atoms with E-state index in [1.807, 2.05) is 23.6 Å². The van der Waals surface area contributed by atoms with Gasteiger partial charge in [-0.1, -0.05) is 30.3 Å². The number of aromatic nitrogens is 1. The monoisotopic (exact) mass is 316 g/mol. The first-order chi connectivity index (χ1) is 10.8. The van der Waals surface area contributed by atoms with Crippen LogP contribution in [0.15, 0.2) is 35.7 Å². The zero-order valence-electron chi connectivity index (χ0n) is 12.4. The number of amides is 1. The van der Waals surface area contributed by atoms with Crippen LogP contribution in [-0.4, -0.2) is 28.6 Å². The third kappa shape index (κ3) is 3.93. The molecule has 2 aromatic rings. The van der Waals surface area contributed by atoms with E-state index < -0.39 is 0 Å². The molecule has 1 amide bonds. The van der Waals surface area contributed by atoms with Gasteiger partial charge in [0.1, 0.15) is 5.69 Å². The minimum atomic E-state index is -0.124. The number of carbonyl (C=O) groups excluding carboxylic acids is 1. The molecule has 4 nitrogen and oxygen atoms in total. The summed E-state index contributed by atoms with van der Waals surface area (Å²) in [7, 11) is 0. The quantitative estimate of drug-likeness (QED) is 0.825. The molecule has 1 atom stereocenters. The highest BCUT2D eigenvalue weighted by atomic mass is 32.1. The van der Waals surface area contributed by atoms with Crippen LogP contribution < -0.4 is 5.32 Å². The third-order valence-corrected chi connectivity index (χ3v) is 4.78. The maximum absolute atomic E-state index is 12.3. The van der Waals surface area contributed by atoms with Gasteiger partial charge in [-0.05, 0) is 30.7 Å². The van der Waals surface area contributed by atoms with E-state index in [1.165, 1.54) is 16.9 Å². The number of aliphatic hydroxyl groups excluding tert-OH is 1. The van der Waals surface area contributed by atoms with Gasteiger partial charge in [-0.3, -0.25) is 4.79 Å². The summed E-state index contributed by atoms with van der Waals surface area (Å²) in [6.45, 7) is 0.109. The molecular formula is C17H20N2O2S. The Balaban J connectivity index is 1.61. The normalized spacial score (nSPS) is 15.5. The van der Waals surface area contributed by atoms with Gasteiger partial charge in [0.15, 0.2) is 0 Å². The van der Waals surface area contributed by atoms with Gasteiger partial charge in [0.25, 0.3) is 5.91 Å². The van der Waals surface area contributed by atoms with Gasteiger partial charge < -0.3 is 10.4 Å². The van der Waals surface area contributed by atoms with Crippen LogP contribution in [0.2, 0.25) is 0 Å². The van der Waals surface area contributed by atoms with Gasteiger partial charge in [-0.25, -0.2) is 4.98 Å². The zero-order valence-corrected chi connectivity index (χ0v) is 13.2. The summed E-state index contributed by atoms with van der Waals surface area (Å²) >= 11 is 1.52. The fourth-order valence-corrected chi connectivity index (χ4v) is 3.38. The van der Waals surface area contributed by atoms with E-state index in [-0.39, 0.29) is 18.6 Å². The summed E-state index contributed by atoms with van der Waals surface area (Å²) in [6, 6.07) is 10.2. The molecule has 0 spiro atoms. The van der Waals surface area contributed by atoms with Crippen LogP contribution in [-0.2, 0) is 6.42 Å². The summed E-state index contributed by atoms with van der Waals surface area (Å²) in [6.07, 6.45) is 3.65. The fourth-order valence-electron chi connectivity index (χ4n) is 2.57. The molecule has 116 valence electrons. The largest absolute Gasteiger partial charge is 0.396 e. The molecule has 1 unspecified atom stereocenters. The SMILES string of the molecule is O=C(NC(CCO)C1CC1)c1csc(Cc2ccccc2)n1. The number of nitrogens with one attached hydrogen (secondary N) is 1. The molecule has 22 heavy (non-hydrogen) atoms. The number of carbonyl (C=O) groups is 1. The van der Waals surface area contributed by atoms with Crippen molar-refractivity contribution in [3.8, 4) is 0 Å². The van der Waals surface area contributed by atoms with Gasteiger partial charge >= 0.3 is 0 Å². The van der Waals surface area contributed by atoms with E-state index in [0.29, 0.717) is 18.0 Å². The van der Waals surface area contributed by atoms with Crippen LogP contribution in [0.5, 0.6) is 0 Å². The number of thiazole rings is 1. The summed E-state index contributed by atoms with van der Waals surface area (Å²) in [5.74, 6) is 0.402. The van der Waals surface area contributed by atoms with Crippen LogP contribution in [0.4, 0.5) is 0 Å². The van der Waals surface area contributed by atoms with Gasteiger partial charge in [-0.2, -0.15) is 0 Å². The van der Waals surface area contributed by atoms with Crippen molar-refractivity contribution in [1.29, 1.82) is 0 Å². The minimum Gasteiger partial charge on any atom is -0.396 e. The Kier molecular flexibility index (Phi) is 4.85. The summed E-state index contributed by atoms with van der Waals surface area (Å²) < 4.78 is 0. The number of hydrogen-bond acceptors (Lipinski definition) is 4. The van der Waals surface area contributed by atoms with Crippen LogP contribution in [0.1, 0.15) is 40.3 Å². The van der Waals surface area contributed by atoms with Gasteiger partial charge in [0.2, 0.25) is 0 Å². The average Bonchev–Trinajstić information content (AvgIpc) is 3.27. The van der Waals surface area contributed by atoms with Crippen molar-refractivity contribution in [1.82, 2.24) is 10.3 Å². The predicted molar refractivity (Wildman–Crippen MR) is 87.0 cm³/mol. The van der Waals surface area contributed by atoms with E-state index in [9.17, 15) is 4.79 Å². The van der Waals surface area contributed by atoms with E-state index in [4.69, 9.17) is 5.11 Å². The second kappa shape index (κ2) is 7.03. The smallest absolute Gasteiger partial charge is 0.270 e. The fraction of sp³-hybridized carbons (Fsp3) is 0.412. The molecule has 1 fully saturated rings. The Bertz CT molecular complexity index is 623. The van der Waals surface area contributed by atoms with E-state index in [2.05, 4.69) is 22.4 Å². The topological polar surface area (TPSA) is 62.2 Å². The van der Waals surface area contributed by atoms with Crippen molar-refractivity contribution in [3.05, 3.63) is 52.0 Å². The van der Waals surface area contributed by atoms with E-state index in [1.54, 1.807) is 0 Å². The average molecular weight is 316 g/mol. The number of hydrogen-bond donors (Lipinski definition) is 2. The number of rotatable bonds is 7. The highest BCUT2D eigenvalue weighted by Gasteiger charge is 2.32. The first-order valence-corrected chi connectivity index (χ1v) is 8.54. The minimum absolute atomic E-state index is 0.0803. The maximum Gasteiger partial charge on any atom is 0.270 e. The molecule has 0 aliphatic heterocycles. The highest BCUT2D eigenvalue weighted by Crippen LogP contribution is 2.34. The standard InChI is InChI=1S/C17H20N2O2S/c20-9-8-14(13-6-7-13)19-17(21)15-11-22-16(18-15)10-12-4-2-1-3-5-12/h1-5,11,13-14,20H,6-10H2,(H,19,21). The molecule has 0 radical (unpaired) electrons. The van der Waals surface area contributed by atoms with Crippen molar-refractivity contribution < 1.29 is 9.90 Å². The first kappa shape index (κ1) is 15.2. The predicted octanol–water partition coefficient (Wildman–Crippen LogP) is 2.62. The van der Waals surface area contributed by atoms with Crippen molar-refractivity contribution in [3.63, 3.8) is 0 Å². The van der Waals surface area contributed by atoms with Gasteiger partial charge in [0, 0.05) is 24.4 Å². The molecule has 0 bridgehead atoms. The van der Waals surface area contributed by atoms with Gasteiger partial charge in [-0.15, -0.1) is 11.3 Å². The van der Waals surface area contributed by atoms with Crippen LogP contribution in [0, 0.1) is 5.92 Å². The molecule has 1 aliphatic carbocycles. The summed E-state index contributed by atoms with van der Waals surface area (Å²) in [5.41, 5.74) is 1.68. The molecule has 1 saturated carbocycles. The molecular weight excluding hydrogens is 296 g/mol. The third-order valence-electron chi connectivity index (χ3n) is 3.93. The number of nitrogens with zero attached hydrogens (tertiary/aromatic N) is 1. The Labute approximate surface area is 134 Å². The molecule has 5 heteroatoms. The van der Waals surface area contributed by atoms with Crippen molar-refractivity contribution in [2.24, 2.45) is 5.92 Å². The second-order valence-electron chi connectivity index (χ2n) is 5.72. The van der Waals surface area contributed by atoms with E-state index >= 15 is 0 Å². The second-order valence-corrected chi connectivity index (χ2v) is 6.66. The molecule has 0 saturated heterocycles. The van der Waals surface area contributed by atoms with Crippen molar-refractivity contribution in [2.75, 3.05) is 6.61 Å². The molecule has 1 heterocycles. The number of aliphatic hydroxyl groups is 1. The lowest BCUT2D eigenvalue weighted by molar-refractivity contribution is 0.0919.